The number of benzene rings is 3. The minimum Gasteiger partial charge on any atom is -0.744 e. The Morgan fingerprint density at radius 1 is 0.838 bits per heavy atom. The van der Waals surface area contributed by atoms with Gasteiger partial charge in [-0.1, -0.05) is 82.9 Å². The van der Waals surface area contributed by atoms with Crippen molar-refractivity contribution in [1.29, 1.82) is 0 Å². The molecule has 0 saturated carbocycles. The predicted octanol–water partition coefficient (Wildman–Crippen LogP) is 4.91. The van der Waals surface area contributed by atoms with Crippen molar-refractivity contribution in [2.24, 2.45) is 10.2 Å². The second kappa shape index (κ2) is 15.4. The van der Waals surface area contributed by atoms with Crippen molar-refractivity contribution in [3.63, 3.8) is 0 Å². The number of aromatic hydroxyl groups is 1. The van der Waals surface area contributed by atoms with Crippen molar-refractivity contribution in [2.75, 3.05) is 5.73 Å². The van der Waals surface area contributed by atoms with E-state index in [1.165, 1.54) is 81.5 Å². The molecule has 0 fully saturated rings. The van der Waals surface area contributed by atoms with Crippen LogP contribution in [0, 0.1) is 0 Å². The van der Waals surface area contributed by atoms with Crippen molar-refractivity contribution < 1.29 is 47.6 Å². The summed E-state index contributed by atoms with van der Waals surface area (Å²) in [6, 6.07) is 13.3. The van der Waals surface area contributed by atoms with Gasteiger partial charge in [-0.15, -0.1) is 5.11 Å². The van der Waals surface area contributed by atoms with Crippen LogP contribution in [0.5, 0.6) is 5.75 Å². The summed E-state index contributed by atoms with van der Waals surface area (Å²) < 4.78 is 35.4. The number of nitrogen functional groups attached to an aromatic ring is 1. The van der Waals surface area contributed by atoms with E-state index in [4.69, 9.17) is 5.73 Å². The molecule has 3 aromatic rings. The van der Waals surface area contributed by atoms with E-state index >= 15 is 0 Å². The number of hydrogen-bond donors (Lipinski definition) is 2. The molecule has 0 unspecified atom stereocenters. The van der Waals surface area contributed by atoms with E-state index in [1.54, 1.807) is 18.2 Å². The third-order valence-corrected chi connectivity index (χ3v) is 7.22. The summed E-state index contributed by atoms with van der Waals surface area (Å²) in [7, 11) is -4.89. The zero-order valence-corrected chi connectivity index (χ0v) is 24.8. The first-order valence-electron chi connectivity index (χ1n) is 12.8. The van der Waals surface area contributed by atoms with Crippen LogP contribution in [0.3, 0.4) is 0 Å². The van der Waals surface area contributed by atoms with E-state index in [0.29, 0.717) is 22.1 Å². The SMILES string of the molecule is CCCCCCCCCCCCc1ccc(N=Nc2c(S(=O)(=O)[O-])cc3ccc(N)cc3c2O)cc1.[Na+]. The molecule has 9 heteroatoms. The Bertz CT molecular complexity index is 1280. The zero-order chi connectivity index (χ0) is 26.0. The van der Waals surface area contributed by atoms with Gasteiger partial charge in [0.15, 0.2) is 5.75 Å². The standard InChI is InChI=1S/C28H37N3O4S.Na/c1-2-3-4-5-6-7-8-9-10-11-12-21-13-17-24(18-14-21)30-31-27-26(36(33,34)35)19-22-15-16-23(29)20-25(22)28(27)32;/h13-20,32H,2-12,29H2,1H3,(H,33,34,35);/q;+1/p-1. The minimum atomic E-state index is -4.89. The number of phenolic OH excluding ortho intramolecular Hbond substituents is 1. The maximum Gasteiger partial charge on any atom is 1.00 e. The number of phenols is 1. The summed E-state index contributed by atoms with van der Waals surface area (Å²) in [6.45, 7) is 2.24. The molecule has 0 aromatic heterocycles. The average molecular weight is 534 g/mol. The third kappa shape index (κ3) is 9.69. The largest absolute Gasteiger partial charge is 1.00 e. The normalized spacial score (nSPS) is 11.7. The summed E-state index contributed by atoms with van der Waals surface area (Å²) in [6.07, 6.45) is 14.0. The molecule has 0 aliphatic heterocycles. The Morgan fingerprint density at radius 2 is 1.43 bits per heavy atom. The fraction of sp³-hybridized carbons (Fsp3) is 0.429. The number of azo groups is 1. The molecule has 0 radical (unpaired) electrons. The van der Waals surface area contributed by atoms with E-state index in [9.17, 15) is 18.1 Å². The summed E-state index contributed by atoms with van der Waals surface area (Å²) in [4.78, 5) is -0.626. The Kier molecular flexibility index (Phi) is 13.0. The van der Waals surface area contributed by atoms with E-state index in [2.05, 4.69) is 17.2 Å². The number of aryl methyl sites for hydroxylation is 1. The van der Waals surface area contributed by atoms with E-state index in [1.807, 2.05) is 12.1 Å². The third-order valence-electron chi connectivity index (χ3n) is 6.37. The van der Waals surface area contributed by atoms with Gasteiger partial charge >= 0.3 is 29.6 Å². The maximum atomic E-state index is 11.8. The summed E-state index contributed by atoms with van der Waals surface area (Å²) in [5.41, 5.74) is 7.46. The molecule has 0 amide bonds. The van der Waals surface area contributed by atoms with Crippen LogP contribution >= 0.6 is 0 Å². The van der Waals surface area contributed by atoms with Gasteiger partial charge in [0.2, 0.25) is 0 Å². The molecule has 0 aliphatic carbocycles. The first kappa shape index (κ1) is 31.2. The Morgan fingerprint density at radius 3 is 2.03 bits per heavy atom. The van der Waals surface area contributed by atoms with Crippen molar-refractivity contribution in [2.45, 2.75) is 82.4 Å². The van der Waals surface area contributed by atoms with Gasteiger partial charge in [0, 0.05) is 11.1 Å². The molecular formula is C28H36N3NaO4S. The summed E-state index contributed by atoms with van der Waals surface area (Å²) in [5, 5.41) is 19.3. The molecule has 3 N–H and O–H groups in total. The van der Waals surface area contributed by atoms with Crippen LogP contribution in [0.1, 0.15) is 76.7 Å². The van der Waals surface area contributed by atoms with Crippen LogP contribution < -0.4 is 35.3 Å². The van der Waals surface area contributed by atoms with E-state index in [-0.39, 0.29) is 29.6 Å². The number of rotatable bonds is 14. The van der Waals surface area contributed by atoms with Crippen LogP contribution in [0.15, 0.2) is 63.7 Å². The van der Waals surface area contributed by atoms with Gasteiger partial charge in [0.1, 0.15) is 15.8 Å². The molecule has 194 valence electrons. The first-order valence-corrected chi connectivity index (χ1v) is 14.2. The molecule has 0 spiro atoms. The summed E-state index contributed by atoms with van der Waals surface area (Å²) >= 11 is 0. The van der Waals surface area contributed by atoms with Crippen molar-refractivity contribution in [3.05, 3.63) is 54.1 Å². The molecule has 3 rings (SSSR count). The van der Waals surface area contributed by atoms with Crippen LogP contribution in [0.25, 0.3) is 10.8 Å². The van der Waals surface area contributed by atoms with Crippen LogP contribution in [-0.4, -0.2) is 18.1 Å². The molecule has 0 aliphatic rings. The monoisotopic (exact) mass is 533 g/mol. The van der Waals surface area contributed by atoms with Gasteiger partial charge in [-0.3, -0.25) is 0 Å². The Balaban J connectivity index is 0.00000481. The molecule has 37 heavy (non-hydrogen) atoms. The fourth-order valence-corrected chi connectivity index (χ4v) is 4.95. The number of anilines is 1. The molecule has 0 atom stereocenters. The molecule has 0 bridgehead atoms. The van der Waals surface area contributed by atoms with Crippen molar-refractivity contribution >= 4 is 38.0 Å². The molecule has 0 heterocycles. The number of nitrogens with two attached hydrogens (primary N) is 1. The van der Waals surface area contributed by atoms with Gasteiger partial charge in [-0.2, -0.15) is 5.11 Å². The van der Waals surface area contributed by atoms with Crippen LogP contribution in [-0.2, 0) is 16.5 Å². The molecule has 7 nitrogen and oxygen atoms in total. The van der Waals surface area contributed by atoms with Gasteiger partial charge in [0.05, 0.1) is 10.6 Å². The molecule has 0 saturated heterocycles. The average Bonchev–Trinajstić information content (AvgIpc) is 2.85. The predicted molar refractivity (Wildman–Crippen MR) is 144 cm³/mol. The van der Waals surface area contributed by atoms with E-state index in [0.717, 1.165) is 12.8 Å². The van der Waals surface area contributed by atoms with Crippen LogP contribution in [0.2, 0.25) is 0 Å². The fourth-order valence-electron chi connectivity index (χ4n) is 4.30. The number of fused-ring (bicyclic) bond motifs is 1. The summed E-state index contributed by atoms with van der Waals surface area (Å²) in [5.74, 6) is -0.449. The second-order valence-electron chi connectivity index (χ2n) is 9.31. The Hall–Kier alpha value is -1.97. The smallest absolute Gasteiger partial charge is 0.744 e. The maximum absolute atomic E-state index is 11.8. The molecular weight excluding hydrogens is 497 g/mol. The first-order chi connectivity index (χ1) is 17.3. The van der Waals surface area contributed by atoms with Gasteiger partial charge in [-0.25, -0.2) is 8.42 Å². The molecule has 3 aromatic carbocycles. The quantitative estimate of drug-likeness (QED) is 0.1000. The van der Waals surface area contributed by atoms with Gasteiger partial charge in [0.25, 0.3) is 0 Å². The van der Waals surface area contributed by atoms with Gasteiger partial charge in [-0.05, 0) is 54.1 Å². The number of hydrogen-bond acceptors (Lipinski definition) is 7. The van der Waals surface area contributed by atoms with Crippen LogP contribution in [0.4, 0.5) is 17.1 Å². The Labute approximate surface area is 242 Å². The number of unbranched alkanes of at least 4 members (excludes halogenated alkanes) is 9. The van der Waals surface area contributed by atoms with E-state index < -0.39 is 26.5 Å². The zero-order valence-electron chi connectivity index (χ0n) is 21.9. The van der Waals surface area contributed by atoms with Gasteiger partial charge < -0.3 is 15.4 Å². The number of nitrogens with zero attached hydrogens (tertiary/aromatic N) is 2. The second-order valence-corrected chi connectivity index (χ2v) is 10.7. The van der Waals surface area contributed by atoms with Crippen molar-refractivity contribution in [3.8, 4) is 5.75 Å². The minimum absolute atomic E-state index is 0. The van der Waals surface area contributed by atoms with Crippen molar-refractivity contribution in [1.82, 2.24) is 0 Å². The topological polar surface area (TPSA) is 128 Å².